The second kappa shape index (κ2) is 9.65. The molecule has 4 aromatic rings. The van der Waals surface area contributed by atoms with Gasteiger partial charge in [-0.25, -0.2) is 0 Å². The summed E-state index contributed by atoms with van der Waals surface area (Å²) < 4.78 is 7.33. The first kappa shape index (κ1) is 22.1. The van der Waals surface area contributed by atoms with Crippen molar-refractivity contribution in [3.8, 4) is 0 Å². The van der Waals surface area contributed by atoms with E-state index in [0.29, 0.717) is 16.4 Å². The molecule has 1 saturated heterocycles. The molecule has 2 aromatic heterocycles. The fraction of sp³-hybridized carbons (Fsp3) is 0.280. The molecule has 0 spiro atoms. The van der Waals surface area contributed by atoms with Crippen LogP contribution in [0.15, 0.2) is 54.6 Å². The van der Waals surface area contributed by atoms with Gasteiger partial charge in [-0.05, 0) is 42.3 Å². The van der Waals surface area contributed by atoms with E-state index in [1.165, 1.54) is 16.9 Å². The van der Waals surface area contributed by atoms with E-state index in [9.17, 15) is 4.79 Å². The number of hydrogen-bond donors (Lipinski definition) is 1. The number of carbonyl (C=O) groups is 1. The Labute approximate surface area is 201 Å². The Balaban J connectivity index is 1.29. The maximum atomic E-state index is 12.9. The predicted molar refractivity (Wildman–Crippen MR) is 133 cm³/mol. The number of hydrogen-bond acceptors (Lipinski definition) is 5. The van der Waals surface area contributed by atoms with Gasteiger partial charge in [-0.1, -0.05) is 41.9 Å². The summed E-state index contributed by atoms with van der Waals surface area (Å²) in [5, 5.41) is 9.39. The molecule has 0 radical (unpaired) electrons. The highest BCUT2D eigenvalue weighted by atomic mass is 35.5. The van der Waals surface area contributed by atoms with Crippen LogP contribution < -0.4 is 5.32 Å². The Hall–Kier alpha value is -2.71. The fourth-order valence-corrected chi connectivity index (χ4v) is 5.28. The zero-order valence-electron chi connectivity index (χ0n) is 18.4. The topological polar surface area (TPSA) is 59.4 Å². The van der Waals surface area contributed by atoms with Crippen molar-refractivity contribution in [3.05, 3.63) is 81.3 Å². The SMILES string of the molecule is Cc1nn(Cc2ccccc2Cl)c2sc(C(=O)Nc3ccc(CN4CCOCC4)cc3)cc12. The molecular weight excluding hydrogens is 456 g/mol. The lowest BCUT2D eigenvalue weighted by Gasteiger charge is -2.26. The van der Waals surface area contributed by atoms with Crippen LogP contribution in [0.4, 0.5) is 5.69 Å². The highest BCUT2D eigenvalue weighted by Gasteiger charge is 2.17. The van der Waals surface area contributed by atoms with Gasteiger partial charge in [0.1, 0.15) is 4.83 Å². The number of ether oxygens (including phenoxy) is 1. The number of fused-ring (bicyclic) bond motifs is 1. The number of aryl methyl sites for hydroxylation is 1. The van der Waals surface area contributed by atoms with Gasteiger partial charge in [-0.15, -0.1) is 11.3 Å². The van der Waals surface area contributed by atoms with Crippen molar-refractivity contribution in [1.29, 1.82) is 0 Å². The van der Waals surface area contributed by atoms with Crippen LogP contribution >= 0.6 is 22.9 Å². The smallest absolute Gasteiger partial charge is 0.265 e. The van der Waals surface area contributed by atoms with Crippen LogP contribution in [0.3, 0.4) is 0 Å². The third-order valence-electron chi connectivity index (χ3n) is 5.83. The maximum absolute atomic E-state index is 12.9. The molecule has 0 bridgehead atoms. The van der Waals surface area contributed by atoms with Gasteiger partial charge >= 0.3 is 0 Å². The number of aromatic nitrogens is 2. The van der Waals surface area contributed by atoms with Crippen molar-refractivity contribution in [1.82, 2.24) is 14.7 Å². The molecule has 2 aromatic carbocycles. The molecular formula is C25H25ClN4O2S. The van der Waals surface area contributed by atoms with Crippen LogP contribution in [-0.4, -0.2) is 46.9 Å². The Bertz CT molecular complexity index is 1280. The minimum absolute atomic E-state index is 0.110. The van der Waals surface area contributed by atoms with E-state index < -0.39 is 0 Å². The number of rotatable bonds is 6. The molecule has 1 fully saturated rings. The van der Waals surface area contributed by atoms with Crippen LogP contribution in [0, 0.1) is 6.92 Å². The first-order chi connectivity index (χ1) is 16.1. The third kappa shape index (κ3) is 4.96. The summed E-state index contributed by atoms with van der Waals surface area (Å²) in [6.07, 6.45) is 0. The molecule has 1 aliphatic rings. The Morgan fingerprint density at radius 1 is 1.12 bits per heavy atom. The first-order valence-electron chi connectivity index (χ1n) is 11.0. The summed E-state index contributed by atoms with van der Waals surface area (Å²) in [7, 11) is 0. The molecule has 1 aliphatic heterocycles. The van der Waals surface area contributed by atoms with E-state index in [4.69, 9.17) is 16.3 Å². The van der Waals surface area contributed by atoms with Gasteiger partial charge in [0.15, 0.2) is 0 Å². The summed E-state index contributed by atoms with van der Waals surface area (Å²) in [6.45, 7) is 6.92. The van der Waals surface area contributed by atoms with E-state index in [-0.39, 0.29) is 5.91 Å². The van der Waals surface area contributed by atoms with Gasteiger partial charge in [0.2, 0.25) is 0 Å². The maximum Gasteiger partial charge on any atom is 0.265 e. The van der Waals surface area contributed by atoms with Crippen molar-refractivity contribution in [2.75, 3.05) is 31.6 Å². The summed E-state index contributed by atoms with van der Waals surface area (Å²) in [5.41, 5.74) is 3.92. The molecule has 0 aliphatic carbocycles. The zero-order valence-corrected chi connectivity index (χ0v) is 20.0. The van der Waals surface area contributed by atoms with Gasteiger partial charge in [0, 0.05) is 35.7 Å². The molecule has 3 heterocycles. The number of benzene rings is 2. The number of carbonyl (C=O) groups excluding carboxylic acids is 1. The van der Waals surface area contributed by atoms with Crippen molar-refractivity contribution < 1.29 is 9.53 Å². The molecule has 0 unspecified atom stereocenters. The van der Waals surface area contributed by atoms with Gasteiger partial charge in [-0.3, -0.25) is 14.4 Å². The van der Waals surface area contributed by atoms with Gasteiger partial charge < -0.3 is 10.1 Å². The summed E-state index contributed by atoms with van der Waals surface area (Å²) in [5.74, 6) is -0.110. The van der Waals surface area contributed by atoms with Gasteiger partial charge in [0.05, 0.1) is 30.3 Å². The third-order valence-corrected chi connectivity index (χ3v) is 7.35. The molecule has 33 heavy (non-hydrogen) atoms. The molecule has 1 amide bonds. The molecule has 6 nitrogen and oxygen atoms in total. The largest absolute Gasteiger partial charge is 0.379 e. The van der Waals surface area contributed by atoms with Gasteiger partial charge in [-0.2, -0.15) is 5.10 Å². The Morgan fingerprint density at radius 3 is 2.64 bits per heavy atom. The standard InChI is InChI=1S/C25H25ClN4O2S/c1-17-21-14-23(33-25(21)30(28-17)16-19-4-2-3-5-22(19)26)24(31)27-20-8-6-18(7-9-20)15-29-10-12-32-13-11-29/h2-9,14H,10-13,15-16H2,1H3,(H,27,31). The Kier molecular flexibility index (Phi) is 6.46. The lowest BCUT2D eigenvalue weighted by molar-refractivity contribution is 0.0342. The lowest BCUT2D eigenvalue weighted by atomic mass is 10.2. The highest BCUT2D eigenvalue weighted by Crippen LogP contribution is 2.30. The van der Waals surface area contributed by atoms with Crippen molar-refractivity contribution >= 4 is 44.7 Å². The molecule has 0 saturated carbocycles. The molecule has 170 valence electrons. The number of morpholine rings is 1. The normalized spacial score (nSPS) is 14.6. The van der Waals surface area contributed by atoms with E-state index >= 15 is 0 Å². The summed E-state index contributed by atoms with van der Waals surface area (Å²) >= 11 is 7.78. The molecule has 8 heteroatoms. The van der Waals surface area contributed by atoms with Crippen LogP contribution in [0.5, 0.6) is 0 Å². The number of amides is 1. The number of halogens is 1. The predicted octanol–water partition coefficient (Wildman–Crippen LogP) is 5.19. The van der Waals surface area contributed by atoms with Crippen molar-refractivity contribution in [3.63, 3.8) is 0 Å². The van der Waals surface area contributed by atoms with E-state index in [0.717, 1.165) is 60.0 Å². The molecule has 0 atom stereocenters. The van der Waals surface area contributed by atoms with E-state index in [2.05, 4.69) is 27.4 Å². The molecule has 1 N–H and O–H groups in total. The average Bonchev–Trinajstić information content (AvgIpc) is 3.39. The first-order valence-corrected chi connectivity index (χ1v) is 12.2. The number of nitrogens with one attached hydrogen (secondary N) is 1. The van der Waals surface area contributed by atoms with Crippen LogP contribution in [0.25, 0.3) is 10.2 Å². The minimum Gasteiger partial charge on any atom is -0.379 e. The summed E-state index contributed by atoms with van der Waals surface area (Å²) in [6, 6.07) is 17.7. The number of nitrogens with zero attached hydrogens (tertiary/aromatic N) is 3. The monoisotopic (exact) mass is 480 g/mol. The van der Waals surface area contributed by atoms with Crippen LogP contribution in [0.1, 0.15) is 26.5 Å². The van der Waals surface area contributed by atoms with E-state index in [1.807, 2.05) is 54.1 Å². The fourth-order valence-electron chi connectivity index (χ4n) is 4.02. The van der Waals surface area contributed by atoms with Crippen LogP contribution in [-0.2, 0) is 17.8 Å². The summed E-state index contributed by atoms with van der Waals surface area (Å²) in [4.78, 5) is 17.0. The second-order valence-electron chi connectivity index (χ2n) is 8.20. The lowest BCUT2D eigenvalue weighted by Crippen LogP contribution is -2.35. The average molecular weight is 481 g/mol. The van der Waals surface area contributed by atoms with Crippen molar-refractivity contribution in [2.45, 2.75) is 20.0 Å². The quantitative estimate of drug-likeness (QED) is 0.412. The molecule has 5 rings (SSSR count). The highest BCUT2D eigenvalue weighted by molar-refractivity contribution is 7.20. The second-order valence-corrected chi connectivity index (χ2v) is 9.64. The zero-order chi connectivity index (χ0) is 22.8. The van der Waals surface area contributed by atoms with Crippen LogP contribution in [0.2, 0.25) is 5.02 Å². The number of anilines is 1. The van der Waals surface area contributed by atoms with Crippen molar-refractivity contribution in [2.24, 2.45) is 0 Å². The van der Waals surface area contributed by atoms with Gasteiger partial charge in [0.25, 0.3) is 5.91 Å². The number of thiophene rings is 1. The Morgan fingerprint density at radius 2 is 1.88 bits per heavy atom. The minimum atomic E-state index is -0.110. The van der Waals surface area contributed by atoms with E-state index in [1.54, 1.807) is 0 Å².